The van der Waals surface area contributed by atoms with E-state index >= 15 is 0 Å². The van der Waals surface area contributed by atoms with Crippen LogP contribution in [0.25, 0.3) is 0 Å². The number of benzene rings is 1. The lowest BCUT2D eigenvalue weighted by Gasteiger charge is -2.34. The minimum absolute atomic E-state index is 0.00706. The van der Waals surface area contributed by atoms with Crippen molar-refractivity contribution in [2.24, 2.45) is 0 Å². The van der Waals surface area contributed by atoms with Gasteiger partial charge in [-0.05, 0) is 23.6 Å². The van der Waals surface area contributed by atoms with Gasteiger partial charge in [0.1, 0.15) is 11.5 Å². The third-order valence-electron chi connectivity index (χ3n) is 4.67. The summed E-state index contributed by atoms with van der Waals surface area (Å²) in [7, 11) is 3.01. The number of hydrogen-bond acceptors (Lipinski definition) is 6. The molecule has 8 nitrogen and oxygen atoms in total. The first-order chi connectivity index (χ1) is 14.0. The van der Waals surface area contributed by atoms with E-state index in [-0.39, 0.29) is 24.3 Å². The van der Waals surface area contributed by atoms with Crippen LogP contribution in [-0.4, -0.2) is 74.5 Å². The van der Waals surface area contributed by atoms with Crippen LogP contribution in [0.3, 0.4) is 0 Å². The molecule has 1 aromatic heterocycles. The number of nitrogens with zero attached hydrogens (tertiary/aromatic N) is 2. The highest BCUT2D eigenvalue weighted by atomic mass is 32.1. The maximum atomic E-state index is 12.4. The Balaban J connectivity index is 1.50. The predicted octanol–water partition coefficient (Wildman–Crippen LogP) is 1.48. The lowest BCUT2D eigenvalue weighted by molar-refractivity contribution is -0.131. The minimum Gasteiger partial charge on any atom is -0.497 e. The van der Waals surface area contributed by atoms with Crippen LogP contribution in [0.4, 0.5) is 0 Å². The SMILES string of the molecule is COc1cc(OC)cc(C(=O)NCC(=O)N2CCN(C(=O)c3cccs3)CC2)c1. The molecule has 3 amide bonds. The second-order valence-corrected chi connectivity index (χ2v) is 7.38. The van der Waals surface area contributed by atoms with Gasteiger partial charge in [-0.2, -0.15) is 0 Å². The largest absolute Gasteiger partial charge is 0.497 e. The molecule has 3 rings (SSSR count). The fourth-order valence-corrected chi connectivity index (χ4v) is 3.71. The predicted molar refractivity (Wildman–Crippen MR) is 109 cm³/mol. The third-order valence-corrected chi connectivity index (χ3v) is 5.52. The van der Waals surface area contributed by atoms with E-state index in [1.807, 2.05) is 11.4 Å². The Morgan fingerprint density at radius 1 is 1.00 bits per heavy atom. The topological polar surface area (TPSA) is 88.2 Å². The number of hydrogen-bond donors (Lipinski definition) is 1. The maximum absolute atomic E-state index is 12.4. The summed E-state index contributed by atoms with van der Waals surface area (Å²) in [5.41, 5.74) is 0.348. The van der Waals surface area contributed by atoms with Crippen LogP contribution in [0, 0.1) is 0 Å². The summed E-state index contributed by atoms with van der Waals surface area (Å²) in [5.74, 6) is 0.408. The van der Waals surface area contributed by atoms with Gasteiger partial charge in [0.05, 0.1) is 25.6 Å². The average Bonchev–Trinajstić information content (AvgIpc) is 3.31. The van der Waals surface area contributed by atoms with E-state index < -0.39 is 0 Å². The second-order valence-electron chi connectivity index (χ2n) is 6.43. The molecule has 154 valence electrons. The van der Waals surface area contributed by atoms with E-state index in [0.29, 0.717) is 48.1 Å². The molecule has 0 bridgehead atoms. The van der Waals surface area contributed by atoms with Crippen molar-refractivity contribution in [3.8, 4) is 11.5 Å². The van der Waals surface area contributed by atoms with Gasteiger partial charge < -0.3 is 24.6 Å². The molecular formula is C20H23N3O5S. The standard InChI is InChI=1S/C20H23N3O5S/c1-27-15-10-14(11-16(12-15)28-2)19(25)21-13-18(24)22-5-7-23(8-6-22)20(26)17-4-3-9-29-17/h3-4,9-12H,5-8,13H2,1-2H3,(H,21,25). The summed E-state index contributed by atoms with van der Waals surface area (Å²) in [6, 6.07) is 8.47. The average molecular weight is 417 g/mol. The fourth-order valence-electron chi connectivity index (χ4n) is 3.02. The molecule has 1 N–H and O–H groups in total. The number of ether oxygens (including phenoxy) is 2. The smallest absolute Gasteiger partial charge is 0.264 e. The molecule has 1 aliphatic heterocycles. The van der Waals surface area contributed by atoms with Crippen LogP contribution in [0.15, 0.2) is 35.7 Å². The first kappa shape index (κ1) is 20.7. The lowest BCUT2D eigenvalue weighted by atomic mass is 10.2. The van der Waals surface area contributed by atoms with Crippen LogP contribution in [-0.2, 0) is 4.79 Å². The summed E-state index contributed by atoms with van der Waals surface area (Å²) < 4.78 is 10.3. The van der Waals surface area contributed by atoms with Crippen molar-refractivity contribution in [2.75, 3.05) is 46.9 Å². The van der Waals surface area contributed by atoms with E-state index in [9.17, 15) is 14.4 Å². The Morgan fingerprint density at radius 2 is 1.62 bits per heavy atom. The molecular weight excluding hydrogens is 394 g/mol. The number of amides is 3. The molecule has 2 heterocycles. The van der Waals surface area contributed by atoms with Crippen LogP contribution in [0.1, 0.15) is 20.0 Å². The fraction of sp³-hybridized carbons (Fsp3) is 0.350. The van der Waals surface area contributed by atoms with E-state index in [1.165, 1.54) is 25.6 Å². The maximum Gasteiger partial charge on any atom is 0.264 e. The summed E-state index contributed by atoms with van der Waals surface area (Å²) in [6.45, 7) is 1.72. The van der Waals surface area contributed by atoms with Crippen LogP contribution in [0.5, 0.6) is 11.5 Å². The van der Waals surface area contributed by atoms with Crippen molar-refractivity contribution in [2.45, 2.75) is 0 Å². The molecule has 0 saturated carbocycles. The van der Waals surface area contributed by atoms with Gasteiger partial charge >= 0.3 is 0 Å². The van der Waals surface area contributed by atoms with Gasteiger partial charge in [-0.15, -0.1) is 11.3 Å². The number of methoxy groups -OCH3 is 2. The van der Waals surface area contributed by atoms with Crippen molar-refractivity contribution in [1.29, 1.82) is 0 Å². The second kappa shape index (κ2) is 9.42. The van der Waals surface area contributed by atoms with Gasteiger partial charge in [-0.3, -0.25) is 14.4 Å². The zero-order valence-electron chi connectivity index (χ0n) is 16.3. The zero-order valence-corrected chi connectivity index (χ0v) is 17.2. The molecule has 0 radical (unpaired) electrons. The van der Waals surface area contributed by atoms with Crippen LogP contribution >= 0.6 is 11.3 Å². The molecule has 1 aromatic carbocycles. The van der Waals surface area contributed by atoms with Crippen molar-refractivity contribution < 1.29 is 23.9 Å². The van der Waals surface area contributed by atoms with Gasteiger partial charge in [0.2, 0.25) is 5.91 Å². The first-order valence-electron chi connectivity index (χ1n) is 9.13. The van der Waals surface area contributed by atoms with Crippen LogP contribution in [0.2, 0.25) is 0 Å². The Hall–Kier alpha value is -3.07. The first-order valence-corrected chi connectivity index (χ1v) is 10.0. The Bertz CT molecular complexity index is 854. The molecule has 1 aliphatic rings. The highest BCUT2D eigenvalue weighted by molar-refractivity contribution is 7.12. The van der Waals surface area contributed by atoms with Gasteiger partial charge in [-0.1, -0.05) is 6.07 Å². The highest BCUT2D eigenvalue weighted by Gasteiger charge is 2.25. The zero-order chi connectivity index (χ0) is 20.8. The molecule has 0 unspecified atom stereocenters. The number of carbonyl (C=O) groups is 3. The van der Waals surface area contributed by atoms with E-state index in [4.69, 9.17) is 9.47 Å². The molecule has 2 aromatic rings. The Morgan fingerprint density at radius 3 is 2.17 bits per heavy atom. The number of nitrogens with one attached hydrogen (secondary N) is 1. The number of carbonyl (C=O) groups excluding carboxylic acids is 3. The van der Waals surface area contributed by atoms with E-state index in [1.54, 1.807) is 34.1 Å². The number of piperazine rings is 1. The van der Waals surface area contributed by atoms with Crippen molar-refractivity contribution in [3.05, 3.63) is 46.2 Å². The van der Waals surface area contributed by atoms with Crippen molar-refractivity contribution >= 4 is 29.1 Å². The monoisotopic (exact) mass is 417 g/mol. The summed E-state index contributed by atoms with van der Waals surface area (Å²) in [6.07, 6.45) is 0. The summed E-state index contributed by atoms with van der Waals surface area (Å²) >= 11 is 1.41. The van der Waals surface area contributed by atoms with Gasteiger partial charge in [0.15, 0.2) is 0 Å². The van der Waals surface area contributed by atoms with Crippen molar-refractivity contribution in [3.63, 3.8) is 0 Å². The highest BCUT2D eigenvalue weighted by Crippen LogP contribution is 2.22. The molecule has 0 spiro atoms. The van der Waals surface area contributed by atoms with Gasteiger partial charge in [-0.25, -0.2) is 0 Å². The molecule has 29 heavy (non-hydrogen) atoms. The molecule has 1 fully saturated rings. The molecule has 1 saturated heterocycles. The normalized spacial score (nSPS) is 13.7. The van der Waals surface area contributed by atoms with Gasteiger partial charge in [0.25, 0.3) is 11.8 Å². The molecule has 0 aliphatic carbocycles. The van der Waals surface area contributed by atoms with E-state index in [2.05, 4.69) is 5.32 Å². The van der Waals surface area contributed by atoms with E-state index in [0.717, 1.165) is 0 Å². The Labute approximate surface area is 173 Å². The summed E-state index contributed by atoms with van der Waals surface area (Å²) in [5, 5.41) is 4.50. The molecule has 0 atom stereocenters. The number of thiophene rings is 1. The van der Waals surface area contributed by atoms with Crippen molar-refractivity contribution in [1.82, 2.24) is 15.1 Å². The minimum atomic E-state index is -0.387. The quantitative estimate of drug-likeness (QED) is 0.769. The molecule has 9 heteroatoms. The van der Waals surface area contributed by atoms with Crippen LogP contribution < -0.4 is 14.8 Å². The Kier molecular flexibility index (Phi) is 6.71. The lowest BCUT2D eigenvalue weighted by Crippen LogP contribution is -2.52. The summed E-state index contributed by atoms with van der Waals surface area (Å²) in [4.78, 5) is 41.3. The number of rotatable bonds is 6. The third kappa shape index (κ3) is 5.05. The van der Waals surface area contributed by atoms with Gasteiger partial charge in [0, 0.05) is 37.8 Å².